The summed E-state index contributed by atoms with van der Waals surface area (Å²) < 4.78 is 11.2. The molecule has 1 heterocycles. The minimum Gasteiger partial charge on any atom is -0.394 e. The highest BCUT2D eigenvalue weighted by Gasteiger charge is 2.44. The van der Waals surface area contributed by atoms with Gasteiger partial charge in [-0.1, -0.05) is 237 Å². The normalized spacial score (nSPS) is 20.0. The average molecular weight is 934 g/mol. The van der Waals surface area contributed by atoms with Crippen LogP contribution in [0.3, 0.4) is 0 Å². The molecule has 1 rings (SSSR count). The number of rotatable bonds is 48. The number of ether oxygens (including phenoxy) is 2. The number of nitrogens with one attached hydrogen (secondary N) is 1. The van der Waals surface area contributed by atoms with Gasteiger partial charge >= 0.3 is 0 Å². The second-order valence-electron chi connectivity index (χ2n) is 19.7. The number of unbranched alkanes of at least 4 members (excludes halogenated alkanes) is 34. The lowest BCUT2D eigenvalue weighted by atomic mass is 9.99. The fourth-order valence-corrected chi connectivity index (χ4v) is 8.93. The molecular formula is C57H107NO8. The van der Waals surface area contributed by atoms with Crippen LogP contribution < -0.4 is 5.32 Å². The van der Waals surface area contributed by atoms with E-state index in [4.69, 9.17) is 9.47 Å². The molecule has 1 saturated heterocycles. The monoisotopic (exact) mass is 934 g/mol. The molecule has 7 unspecified atom stereocenters. The number of hydrogen-bond acceptors (Lipinski definition) is 8. The van der Waals surface area contributed by atoms with E-state index in [1.165, 1.54) is 205 Å². The highest BCUT2D eigenvalue weighted by atomic mass is 16.7. The Morgan fingerprint density at radius 1 is 0.500 bits per heavy atom. The minimum atomic E-state index is -1.57. The Kier molecular flexibility index (Phi) is 44.6. The molecule has 0 spiro atoms. The zero-order valence-electron chi connectivity index (χ0n) is 43.0. The van der Waals surface area contributed by atoms with E-state index in [1.54, 1.807) is 6.08 Å². The van der Waals surface area contributed by atoms with Crippen molar-refractivity contribution in [2.24, 2.45) is 0 Å². The highest BCUT2D eigenvalue weighted by Crippen LogP contribution is 2.23. The number of amides is 1. The molecule has 388 valence electrons. The van der Waals surface area contributed by atoms with E-state index in [0.29, 0.717) is 6.42 Å². The maximum atomic E-state index is 13.0. The van der Waals surface area contributed by atoms with Crippen molar-refractivity contribution in [1.82, 2.24) is 5.32 Å². The fraction of sp³-hybridized carbons (Fsp3) is 0.877. The number of allylic oxidation sites excluding steroid dienone is 5. The quantitative estimate of drug-likeness (QED) is 0.0261. The Morgan fingerprint density at radius 3 is 1.27 bits per heavy atom. The first-order chi connectivity index (χ1) is 32.3. The summed E-state index contributed by atoms with van der Waals surface area (Å²) in [6, 6.07) is -0.823. The SMILES string of the molecule is CCCCCCCCCCCCCC/C=C\CCCCCCCCCCC(=O)NC(COC1OC(CO)C(O)C(O)C1O)C(O)/C=C/CC/C=C/CCCCCCCCCCCCCCC. The van der Waals surface area contributed by atoms with Gasteiger partial charge in [-0.3, -0.25) is 4.79 Å². The van der Waals surface area contributed by atoms with Crippen molar-refractivity contribution in [3.8, 4) is 0 Å². The second-order valence-corrected chi connectivity index (χ2v) is 19.7. The maximum Gasteiger partial charge on any atom is 0.220 e. The summed E-state index contributed by atoms with van der Waals surface area (Å²) in [7, 11) is 0. The summed E-state index contributed by atoms with van der Waals surface area (Å²) in [4.78, 5) is 13.0. The summed E-state index contributed by atoms with van der Waals surface area (Å²) >= 11 is 0. The molecule has 0 radical (unpaired) electrons. The predicted molar refractivity (Wildman–Crippen MR) is 276 cm³/mol. The molecule has 0 aromatic heterocycles. The van der Waals surface area contributed by atoms with E-state index in [-0.39, 0.29) is 12.5 Å². The van der Waals surface area contributed by atoms with Gasteiger partial charge in [0.1, 0.15) is 24.4 Å². The lowest BCUT2D eigenvalue weighted by molar-refractivity contribution is -0.302. The molecule has 0 bridgehead atoms. The average Bonchev–Trinajstić information content (AvgIpc) is 3.32. The number of carbonyl (C=O) groups is 1. The van der Waals surface area contributed by atoms with Crippen molar-refractivity contribution in [3.63, 3.8) is 0 Å². The number of aliphatic hydroxyl groups excluding tert-OH is 5. The van der Waals surface area contributed by atoms with Gasteiger partial charge in [0.25, 0.3) is 0 Å². The van der Waals surface area contributed by atoms with Gasteiger partial charge in [0.05, 0.1) is 25.4 Å². The van der Waals surface area contributed by atoms with Crippen LogP contribution >= 0.6 is 0 Å². The molecule has 9 heteroatoms. The fourth-order valence-electron chi connectivity index (χ4n) is 8.93. The molecule has 0 aromatic carbocycles. The molecule has 0 aliphatic carbocycles. The smallest absolute Gasteiger partial charge is 0.220 e. The van der Waals surface area contributed by atoms with E-state index < -0.39 is 49.5 Å². The summed E-state index contributed by atoms with van der Waals surface area (Å²) in [6.07, 6.45) is 53.5. The molecule has 1 fully saturated rings. The van der Waals surface area contributed by atoms with Crippen molar-refractivity contribution >= 4 is 5.91 Å². The number of carbonyl (C=O) groups excluding carboxylic acids is 1. The summed E-state index contributed by atoms with van der Waals surface area (Å²) in [5, 5.41) is 54.4. The van der Waals surface area contributed by atoms with Crippen molar-refractivity contribution < 1.29 is 39.8 Å². The molecule has 0 aromatic rings. The van der Waals surface area contributed by atoms with E-state index in [9.17, 15) is 30.3 Å². The van der Waals surface area contributed by atoms with Crippen molar-refractivity contribution in [2.45, 2.75) is 307 Å². The summed E-state index contributed by atoms with van der Waals surface area (Å²) in [5.41, 5.74) is 0. The van der Waals surface area contributed by atoms with Crippen LogP contribution in [0.1, 0.15) is 264 Å². The number of hydrogen-bond donors (Lipinski definition) is 6. The predicted octanol–water partition coefficient (Wildman–Crippen LogP) is 13.6. The van der Waals surface area contributed by atoms with Gasteiger partial charge in [0.2, 0.25) is 5.91 Å². The van der Waals surface area contributed by atoms with Gasteiger partial charge in [0.15, 0.2) is 6.29 Å². The lowest BCUT2D eigenvalue weighted by Gasteiger charge is -2.40. The summed E-state index contributed by atoms with van der Waals surface area (Å²) in [5.74, 6) is -0.187. The summed E-state index contributed by atoms with van der Waals surface area (Å²) in [6.45, 7) is 3.79. The second kappa shape index (κ2) is 47.1. The highest BCUT2D eigenvalue weighted by molar-refractivity contribution is 5.76. The van der Waals surface area contributed by atoms with Gasteiger partial charge in [0, 0.05) is 6.42 Å². The van der Waals surface area contributed by atoms with E-state index in [2.05, 4.69) is 43.5 Å². The largest absolute Gasteiger partial charge is 0.394 e. The van der Waals surface area contributed by atoms with Gasteiger partial charge in [-0.05, 0) is 57.8 Å². The van der Waals surface area contributed by atoms with Crippen LogP contribution in [0.2, 0.25) is 0 Å². The van der Waals surface area contributed by atoms with Gasteiger partial charge in [-0.15, -0.1) is 0 Å². The van der Waals surface area contributed by atoms with Crippen LogP contribution in [0.4, 0.5) is 0 Å². The Bertz CT molecular complexity index is 1130. The van der Waals surface area contributed by atoms with Gasteiger partial charge < -0.3 is 40.3 Å². The molecule has 7 atom stereocenters. The van der Waals surface area contributed by atoms with E-state index in [0.717, 1.165) is 38.5 Å². The third-order valence-electron chi connectivity index (χ3n) is 13.4. The maximum absolute atomic E-state index is 13.0. The Morgan fingerprint density at radius 2 is 0.864 bits per heavy atom. The van der Waals surface area contributed by atoms with Gasteiger partial charge in [-0.2, -0.15) is 0 Å². The van der Waals surface area contributed by atoms with Crippen LogP contribution in [0.5, 0.6) is 0 Å². The Labute approximate surface area is 406 Å². The van der Waals surface area contributed by atoms with Crippen LogP contribution in [0, 0.1) is 0 Å². The number of aliphatic hydroxyl groups is 5. The van der Waals surface area contributed by atoms with Crippen LogP contribution in [-0.4, -0.2) is 87.5 Å². The van der Waals surface area contributed by atoms with Crippen LogP contribution in [0.15, 0.2) is 36.5 Å². The molecular weight excluding hydrogens is 827 g/mol. The van der Waals surface area contributed by atoms with Gasteiger partial charge in [-0.25, -0.2) is 0 Å². The van der Waals surface area contributed by atoms with E-state index in [1.807, 2.05) is 6.08 Å². The zero-order chi connectivity index (χ0) is 48.0. The van der Waals surface area contributed by atoms with Crippen molar-refractivity contribution in [2.75, 3.05) is 13.2 Å². The Hall–Kier alpha value is -1.59. The third kappa shape index (κ3) is 36.4. The molecule has 1 amide bonds. The topological polar surface area (TPSA) is 149 Å². The molecule has 1 aliphatic heterocycles. The lowest BCUT2D eigenvalue weighted by Crippen LogP contribution is -2.60. The minimum absolute atomic E-state index is 0.187. The molecule has 6 N–H and O–H groups in total. The zero-order valence-corrected chi connectivity index (χ0v) is 43.0. The standard InChI is InChI=1S/C57H107NO8/c1-3-5-7-9-11-13-15-17-19-21-23-24-25-26-27-29-31-33-35-37-39-41-43-45-47-53(61)58-50(49-65-57-56(64)55(63)54(62)52(48-59)66-57)51(60)46-44-42-40-38-36-34-32-30-28-22-20-18-16-14-12-10-8-6-4-2/h26-27,36,38,44,46,50-52,54-57,59-60,62-64H,3-25,28-35,37,39-43,45,47-49H2,1-2H3,(H,58,61)/b27-26-,38-36+,46-44+. The van der Waals surface area contributed by atoms with Crippen LogP contribution in [0.25, 0.3) is 0 Å². The molecule has 1 aliphatic rings. The van der Waals surface area contributed by atoms with Crippen molar-refractivity contribution in [3.05, 3.63) is 36.5 Å². The van der Waals surface area contributed by atoms with E-state index >= 15 is 0 Å². The first kappa shape index (κ1) is 62.4. The first-order valence-electron chi connectivity index (χ1n) is 28.2. The van der Waals surface area contributed by atoms with Crippen LogP contribution in [-0.2, 0) is 14.3 Å². The molecule has 66 heavy (non-hydrogen) atoms. The Balaban J connectivity index is 2.26. The molecule has 0 saturated carbocycles. The van der Waals surface area contributed by atoms with Crippen molar-refractivity contribution in [1.29, 1.82) is 0 Å². The third-order valence-corrected chi connectivity index (χ3v) is 13.4. The first-order valence-corrected chi connectivity index (χ1v) is 28.2. The molecule has 9 nitrogen and oxygen atoms in total.